The molecule has 2 aromatic heterocycles. The van der Waals surface area contributed by atoms with Gasteiger partial charge in [-0.2, -0.15) is 9.62 Å². The zero-order chi connectivity index (χ0) is 17.9. The summed E-state index contributed by atoms with van der Waals surface area (Å²) in [6, 6.07) is 17.6. The van der Waals surface area contributed by atoms with Crippen LogP contribution in [-0.2, 0) is 0 Å². The summed E-state index contributed by atoms with van der Waals surface area (Å²) < 4.78 is 1.64. The molecular formula is C18H14N6O2. The van der Waals surface area contributed by atoms with Gasteiger partial charge in [0, 0.05) is 5.56 Å². The Morgan fingerprint density at radius 1 is 0.923 bits per heavy atom. The number of nitrogens with one attached hydrogen (secondary N) is 1. The fourth-order valence-corrected chi connectivity index (χ4v) is 2.41. The predicted molar refractivity (Wildman–Crippen MR) is 97.2 cm³/mol. The van der Waals surface area contributed by atoms with Crippen LogP contribution >= 0.6 is 0 Å². The number of hydrogen-bond donors (Lipinski definition) is 3. The highest BCUT2D eigenvalue weighted by atomic mass is 16.3. The van der Waals surface area contributed by atoms with Crippen molar-refractivity contribution in [3.8, 4) is 22.9 Å². The molecule has 0 aliphatic heterocycles. The van der Waals surface area contributed by atoms with Crippen molar-refractivity contribution < 1.29 is 10.2 Å². The molecule has 0 radical (unpaired) electrons. The van der Waals surface area contributed by atoms with Crippen LogP contribution in [0.3, 0.4) is 0 Å². The van der Waals surface area contributed by atoms with Gasteiger partial charge in [-0.25, -0.2) is 0 Å². The van der Waals surface area contributed by atoms with Crippen LogP contribution in [0.2, 0.25) is 0 Å². The van der Waals surface area contributed by atoms with Gasteiger partial charge in [0.1, 0.15) is 0 Å². The number of phenolic OH excluding ortho intramolecular Hbond substituents is 2. The Bertz CT molecular complexity index is 1090. The van der Waals surface area contributed by atoms with Gasteiger partial charge < -0.3 is 10.2 Å². The van der Waals surface area contributed by atoms with Crippen LogP contribution in [0.25, 0.3) is 17.0 Å². The standard InChI is InChI=1S/C18H14N6O2/c25-14-7-6-12(10-15(14)26)11-19-20-16-8-9-17-21-22-18(24(17)23-16)13-4-2-1-3-5-13/h1-11,25-26H,(H,20,23). The second-order valence-electron chi connectivity index (χ2n) is 5.50. The Morgan fingerprint density at radius 3 is 2.58 bits per heavy atom. The molecule has 2 aromatic carbocycles. The van der Waals surface area contributed by atoms with Crippen molar-refractivity contribution >= 4 is 17.7 Å². The molecule has 3 N–H and O–H groups in total. The third-order valence-corrected chi connectivity index (χ3v) is 3.69. The van der Waals surface area contributed by atoms with Gasteiger partial charge in [-0.15, -0.1) is 15.3 Å². The van der Waals surface area contributed by atoms with Crippen molar-refractivity contribution in [1.29, 1.82) is 0 Å². The Morgan fingerprint density at radius 2 is 1.77 bits per heavy atom. The van der Waals surface area contributed by atoms with E-state index in [0.29, 0.717) is 22.9 Å². The van der Waals surface area contributed by atoms with E-state index in [1.807, 2.05) is 30.3 Å². The molecule has 0 saturated carbocycles. The van der Waals surface area contributed by atoms with Crippen molar-refractivity contribution in [1.82, 2.24) is 19.8 Å². The first-order valence-electron chi connectivity index (χ1n) is 7.80. The summed E-state index contributed by atoms with van der Waals surface area (Å²) in [4.78, 5) is 0. The average Bonchev–Trinajstić information content (AvgIpc) is 3.09. The molecule has 0 bridgehead atoms. The molecule has 8 nitrogen and oxygen atoms in total. The van der Waals surface area contributed by atoms with E-state index in [-0.39, 0.29) is 11.5 Å². The van der Waals surface area contributed by atoms with E-state index in [1.165, 1.54) is 18.3 Å². The van der Waals surface area contributed by atoms with E-state index in [0.717, 1.165) is 5.56 Å². The topological polar surface area (TPSA) is 108 Å². The van der Waals surface area contributed by atoms with Crippen molar-refractivity contribution in [3.63, 3.8) is 0 Å². The first kappa shape index (κ1) is 15.6. The van der Waals surface area contributed by atoms with Crippen LogP contribution in [-0.4, -0.2) is 36.2 Å². The predicted octanol–water partition coefficient (Wildman–Crippen LogP) is 2.65. The first-order chi connectivity index (χ1) is 12.7. The SMILES string of the molecule is Oc1ccc(C=NNc2ccc3nnc(-c4ccccc4)n3n2)cc1O. The quantitative estimate of drug-likeness (QED) is 0.298. The highest BCUT2D eigenvalue weighted by molar-refractivity contribution is 5.81. The lowest BCUT2D eigenvalue weighted by molar-refractivity contribution is 0.403. The molecule has 0 fully saturated rings. The summed E-state index contributed by atoms with van der Waals surface area (Å²) in [7, 11) is 0. The van der Waals surface area contributed by atoms with E-state index in [9.17, 15) is 10.2 Å². The monoisotopic (exact) mass is 346 g/mol. The summed E-state index contributed by atoms with van der Waals surface area (Å²) in [6.07, 6.45) is 1.51. The zero-order valence-electron chi connectivity index (χ0n) is 13.5. The minimum absolute atomic E-state index is 0.178. The molecule has 4 aromatic rings. The lowest BCUT2D eigenvalue weighted by Gasteiger charge is -2.02. The van der Waals surface area contributed by atoms with E-state index in [1.54, 1.807) is 22.7 Å². The van der Waals surface area contributed by atoms with E-state index in [4.69, 9.17) is 0 Å². The normalized spacial score (nSPS) is 11.2. The van der Waals surface area contributed by atoms with Crippen LogP contribution in [0.5, 0.6) is 11.5 Å². The third kappa shape index (κ3) is 3.03. The van der Waals surface area contributed by atoms with Gasteiger partial charge >= 0.3 is 0 Å². The summed E-state index contributed by atoms with van der Waals surface area (Å²) in [5.74, 6) is 0.763. The number of phenols is 2. The van der Waals surface area contributed by atoms with Gasteiger partial charge in [-0.1, -0.05) is 30.3 Å². The number of fused-ring (bicyclic) bond motifs is 1. The Labute approximate surface area is 148 Å². The Balaban J connectivity index is 1.59. The lowest BCUT2D eigenvalue weighted by Crippen LogP contribution is -2.00. The minimum atomic E-state index is -0.203. The summed E-state index contributed by atoms with van der Waals surface area (Å²) in [5.41, 5.74) is 4.99. The van der Waals surface area contributed by atoms with Crippen molar-refractivity contribution in [2.75, 3.05) is 5.43 Å². The first-order valence-corrected chi connectivity index (χ1v) is 7.80. The molecule has 0 saturated heterocycles. The van der Waals surface area contributed by atoms with E-state index >= 15 is 0 Å². The molecule has 0 aliphatic rings. The number of anilines is 1. The van der Waals surface area contributed by atoms with E-state index in [2.05, 4.69) is 25.8 Å². The molecule has 26 heavy (non-hydrogen) atoms. The number of hydrogen-bond acceptors (Lipinski definition) is 7. The maximum atomic E-state index is 9.49. The van der Waals surface area contributed by atoms with Crippen LogP contribution in [0.1, 0.15) is 5.56 Å². The Hall–Kier alpha value is -3.94. The maximum Gasteiger partial charge on any atom is 0.185 e. The second-order valence-corrected chi connectivity index (χ2v) is 5.50. The molecular weight excluding hydrogens is 332 g/mol. The number of hydrazone groups is 1. The van der Waals surface area contributed by atoms with Gasteiger partial charge in [0.2, 0.25) is 0 Å². The molecule has 0 unspecified atom stereocenters. The van der Waals surface area contributed by atoms with Gasteiger partial charge in [-0.3, -0.25) is 5.43 Å². The second kappa shape index (κ2) is 6.52. The third-order valence-electron chi connectivity index (χ3n) is 3.69. The summed E-state index contributed by atoms with van der Waals surface area (Å²) >= 11 is 0. The van der Waals surface area contributed by atoms with Crippen LogP contribution in [0.15, 0.2) is 65.8 Å². The summed E-state index contributed by atoms with van der Waals surface area (Å²) in [6.45, 7) is 0. The van der Waals surface area contributed by atoms with Crippen molar-refractivity contribution in [3.05, 3.63) is 66.2 Å². The minimum Gasteiger partial charge on any atom is -0.504 e. The molecule has 0 atom stereocenters. The maximum absolute atomic E-state index is 9.49. The molecule has 0 aliphatic carbocycles. The van der Waals surface area contributed by atoms with Gasteiger partial charge in [-0.05, 0) is 35.9 Å². The van der Waals surface area contributed by atoms with Crippen LogP contribution in [0, 0.1) is 0 Å². The fourth-order valence-electron chi connectivity index (χ4n) is 2.41. The average molecular weight is 346 g/mol. The van der Waals surface area contributed by atoms with E-state index < -0.39 is 0 Å². The summed E-state index contributed by atoms with van der Waals surface area (Å²) in [5, 5.41) is 35.6. The zero-order valence-corrected chi connectivity index (χ0v) is 13.5. The van der Waals surface area contributed by atoms with Crippen molar-refractivity contribution in [2.24, 2.45) is 5.10 Å². The smallest absolute Gasteiger partial charge is 0.185 e. The largest absolute Gasteiger partial charge is 0.504 e. The van der Waals surface area contributed by atoms with Crippen LogP contribution < -0.4 is 5.43 Å². The number of aromatic nitrogens is 4. The highest BCUT2D eigenvalue weighted by Crippen LogP contribution is 2.24. The molecule has 2 heterocycles. The molecule has 0 amide bonds. The number of benzene rings is 2. The van der Waals surface area contributed by atoms with Crippen LogP contribution in [0.4, 0.5) is 5.82 Å². The lowest BCUT2D eigenvalue weighted by atomic mass is 10.2. The number of aromatic hydroxyl groups is 2. The molecule has 0 spiro atoms. The Kier molecular flexibility index (Phi) is 3.91. The molecule has 4 rings (SSSR count). The van der Waals surface area contributed by atoms with Gasteiger partial charge in [0.25, 0.3) is 0 Å². The van der Waals surface area contributed by atoms with Gasteiger partial charge in [0.05, 0.1) is 6.21 Å². The molecule has 128 valence electrons. The number of nitrogens with zero attached hydrogens (tertiary/aromatic N) is 5. The fraction of sp³-hybridized carbons (Fsp3) is 0. The van der Waals surface area contributed by atoms with Gasteiger partial charge in [0.15, 0.2) is 28.8 Å². The number of rotatable bonds is 4. The highest BCUT2D eigenvalue weighted by Gasteiger charge is 2.09. The van der Waals surface area contributed by atoms with Crippen molar-refractivity contribution in [2.45, 2.75) is 0 Å². The molecule has 8 heteroatoms.